The zero-order chi connectivity index (χ0) is 23.1. The molecule has 0 unspecified atom stereocenters. The average molecular weight is 440 g/mol. The fourth-order valence-electron chi connectivity index (χ4n) is 4.21. The number of aryl methyl sites for hydroxylation is 1. The highest BCUT2D eigenvalue weighted by atomic mass is 16.5. The number of aliphatic hydroxyl groups excluding tert-OH is 1. The zero-order valence-electron chi connectivity index (χ0n) is 18.0. The van der Waals surface area contributed by atoms with Crippen LogP contribution in [0.4, 0.5) is 5.82 Å². The van der Waals surface area contributed by atoms with Gasteiger partial charge in [0, 0.05) is 17.2 Å². The Hall–Kier alpha value is -4.39. The van der Waals surface area contributed by atoms with Gasteiger partial charge in [-0.25, -0.2) is 0 Å². The van der Waals surface area contributed by atoms with Gasteiger partial charge in [-0.1, -0.05) is 59.8 Å². The van der Waals surface area contributed by atoms with Gasteiger partial charge in [-0.3, -0.25) is 14.5 Å². The Labute approximate surface area is 189 Å². The van der Waals surface area contributed by atoms with Gasteiger partial charge in [0.15, 0.2) is 5.82 Å². The normalized spacial score (nSPS) is 17.6. The van der Waals surface area contributed by atoms with Crippen LogP contribution in [0.5, 0.6) is 5.75 Å². The summed E-state index contributed by atoms with van der Waals surface area (Å²) in [7, 11) is 1.51. The van der Waals surface area contributed by atoms with Crippen LogP contribution in [-0.2, 0) is 9.59 Å². The first kappa shape index (κ1) is 20.5. The Morgan fingerprint density at radius 2 is 1.73 bits per heavy atom. The second-order valence-corrected chi connectivity index (χ2v) is 7.77. The Kier molecular flexibility index (Phi) is 4.94. The van der Waals surface area contributed by atoms with Gasteiger partial charge < -0.3 is 14.4 Å². The number of anilines is 1. The van der Waals surface area contributed by atoms with Crippen molar-refractivity contribution in [2.45, 2.75) is 13.0 Å². The SMILES string of the molecule is COc1ccccc1[C@@H]1/C(=C(\O)c2ccc3ccccc3c2)C(=O)C(=O)N1c1cc(C)on1. The number of para-hydroxylation sites is 1. The second kappa shape index (κ2) is 7.94. The lowest BCUT2D eigenvalue weighted by molar-refractivity contribution is -0.132. The highest BCUT2D eigenvalue weighted by molar-refractivity contribution is 6.51. The van der Waals surface area contributed by atoms with E-state index in [4.69, 9.17) is 9.26 Å². The van der Waals surface area contributed by atoms with Crippen LogP contribution in [0.25, 0.3) is 16.5 Å². The van der Waals surface area contributed by atoms with Crippen LogP contribution < -0.4 is 9.64 Å². The maximum Gasteiger partial charge on any atom is 0.301 e. The van der Waals surface area contributed by atoms with E-state index in [0.717, 1.165) is 10.8 Å². The minimum absolute atomic E-state index is 0.0413. The molecule has 33 heavy (non-hydrogen) atoms. The number of aliphatic hydroxyl groups is 1. The number of amides is 1. The Morgan fingerprint density at radius 1 is 1.00 bits per heavy atom. The molecule has 0 radical (unpaired) electrons. The molecule has 1 fully saturated rings. The number of nitrogens with zero attached hydrogens (tertiary/aromatic N) is 2. The summed E-state index contributed by atoms with van der Waals surface area (Å²) in [4.78, 5) is 27.7. The lowest BCUT2D eigenvalue weighted by Crippen LogP contribution is -2.29. The van der Waals surface area contributed by atoms with Crippen LogP contribution in [0.1, 0.15) is 22.9 Å². The number of fused-ring (bicyclic) bond motifs is 1. The van der Waals surface area contributed by atoms with Gasteiger partial charge in [-0.2, -0.15) is 0 Å². The number of carbonyl (C=O) groups excluding carboxylic acids is 2. The lowest BCUT2D eigenvalue weighted by Gasteiger charge is -2.24. The monoisotopic (exact) mass is 440 g/mol. The predicted octanol–water partition coefficient (Wildman–Crippen LogP) is 4.77. The molecule has 1 amide bonds. The smallest absolute Gasteiger partial charge is 0.301 e. The molecule has 1 saturated heterocycles. The number of rotatable bonds is 4. The van der Waals surface area contributed by atoms with Crippen molar-refractivity contribution in [3.8, 4) is 5.75 Å². The van der Waals surface area contributed by atoms with E-state index >= 15 is 0 Å². The molecule has 0 spiro atoms. The fraction of sp³-hybridized carbons (Fsp3) is 0.115. The van der Waals surface area contributed by atoms with Crippen molar-refractivity contribution < 1.29 is 24.0 Å². The van der Waals surface area contributed by atoms with Crippen LogP contribution in [0, 0.1) is 6.92 Å². The summed E-state index contributed by atoms with van der Waals surface area (Å²) in [6.07, 6.45) is 0. The Morgan fingerprint density at radius 3 is 2.45 bits per heavy atom. The highest BCUT2D eigenvalue weighted by Crippen LogP contribution is 2.44. The molecule has 0 bridgehead atoms. The van der Waals surface area contributed by atoms with Gasteiger partial charge in [0.25, 0.3) is 5.78 Å². The van der Waals surface area contributed by atoms with Crippen molar-refractivity contribution >= 4 is 34.0 Å². The third kappa shape index (κ3) is 3.34. The van der Waals surface area contributed by atoms with Crippen LogP contribution in [-0.4, -0.2) is 29.1 Å². The maximum atomic E-state index is 13.2. The van der Waals surface area contributed by atoms with Gasteiger partial charge in [0.1, 0.15) is 23.3 Å². The number of hydrogen-bond acceptors (Lipinski definition) is 6. The molecule has 4 aromatic rings. The van der Waals surface area contributed by atoms with E-state index in [2.05, 4.69) is 5.16 Å². The number of ether oxygens (including phenoxy) is 1. The molecule has 0 saturated carbocycles. The lowest BCUT2D eigenvalue weighted by atomic mass is 9.94. The van der Waals surface area contributed by atoms with E-state index < -0.39 is 17.7 Å². The maximum absolute atomic E-state index is 13.2. The van der Waals surface area contributed by atoms with Crippen LogP contribution in [0.3, 0.4) is 0 Å². The van der Waals surface area contributed by atoms with Crippen molar-refractivity contribution in [3.63, 3.8) is 0 Å². The van der Waals surface area contributed by atoms with Crippen molar-refractivity contribution in [3.05, 3.63) is 95.3 Å². The van der Waals surface area contributed by atoms with Crippen molar-refractivity contribution in [2.75, 3.05) is 12.0 Å². The highest BCUT2D eigenvalue weighted by Gasteiger charge is 2.49. The molecule has 1 atom stereocenters. The predicted molar refractivity (Wildman–Crippen MR) is 123 cm³/mol. The molecule has 164 valence electrons. The third-order valence-corrected chi connectivity index (χ3v) is 5.76. The summed E-state index contributed by atoms with van der Waals surface area (Å²) in [5.74, 6) is -0.737. The van der Waals surface area contributed by atoms with Crippen LogP contribution >= 0.6 is 0 Å². The standard InChI is InChI=1S/C26H20N2O5/c1-15-13-21(27-33-15)28-23(19-9-5-6-10-20(19)32-2)22(25(30)26(28)31)24(29)18-12-11-16-7-3-4-8-17(16)14-18/h3-14,23,29H,1-2H3/b24-22+/t23-/m1/s1. The molecule has 7 nitrogen and oxygen atoms in total. The Balaban J connectivity index is 1.76. The molecule has 2 heterocycles. The van der Waals surface area contributed by atoms with Gasteiger partial charge in [-0.05, 0) is 29.8 Å². The molecule has 3 aromatic carbocycles. The molecular weight excluding hydrogens is 420 g/mol. The van der Waals surface area contributed by atoms with Gasteiger partial charge >= 0.3 is 5.91 Å². The minimum atomic E-state index is -0.947. The van der Waals surface area contributed by atoms with Gasteiger partial charge in [0.05, 0.1) is 12.7 Å². The van der Waals surface area contributed by atoms with E-state index in [1.165, 1.54) is 12.0 Å². The third-order valence-electron chi connectivity index (χ3n) is 5.76. The molecule has 1 aromatic heterocycles. The van der Waals surface area contributed by atoms with Crippen molar-refractivity contribution in [1.82, 2.24) is 5.16 Å². The van der Waals surface area contributed by atoms with Crippen molar-refractivity contribution in [2.24, 2.45) is 0 Å². The second-order valence-electron chi connectivity index (χ2n) is 7.77. The number of ketones is 1. The van der Waals surface area contributed by atoms with Crippen molar-refractivity contribution in [1.29, 1.82) is 0 Å². The zero-order valence-corrected chi connectivity index (χ0v) is 18.0. The Bertz CT molecular complexity index is 1440. The molecule has 0 aliphatic carbocycles. The number of aromatic nitrogens is 1. The quantitative estimate of drug-likeness (QED) is 0.279. The van der Waals surface area contributed by atoms with E-state index in [1.54, 1.807) is 49.4 Å². The molecule has 7 heteroatoms. The van der Waals surface area contributed by atoms with Gasteiger partial charge in [0.2, 0.25) is 0 Å². The van der Waals surface area contributed by atoms with E-state index in [9.17, 15) is 14.7 Å². The first-order valence-corrected chi connectivity index (χ1v) is 10.4. The summed E-state index contributed by atoms with van der Waals surface area (Å²) in [6.45, 7) is 1.69. The van der Waals surface area contributed by atoms with Crippen LogP contribution in [0.2, 0.25) is 0 Å². The molecular formula is C26H20N2O5. The largest absolute Gasteiger partial charge is 0.507 e. The number of Topliss-reactive ketones (excluding diaryl/α,β-unsaturated/α-hetero) is 1. The molecule has 1 aliphatic rings. The number of hydrogen-bond donors (Lipinski definition) is 1. The number of methoxy groups -OCH3 is 1. The molecule has 5 rings (SSSR count). The first-order valence-electron chi connectivity index (χ1n) is 10.4. The van der Waals surface area contributed by atoms with E-state index in [-0.39, 0.29) is 17.2 Å². The fourth-order valence-corrected chi connectivity index (χ4v) is 4.21. The number of carbonyl (C=O) groups is 2. The van der Waals surface area contributed by atoms with Crippen LogP contribution in [0.15, 0.2) is 82.9 Å². The van der Waals surface area contributed by atoms with E-state index in [0.29, 0.717) is 22.6 Å². The van der Waals surface area contributed by atoms with Gasteiger partial charge in [-0.15, -0.1) is 0 Å². The average Bonchev–Trinajstić information content (AvgIpc) is 3.38. The first-order chi connectivity index (χ1) is 16.0. The molecule has 1 aliphatic heterocycles. The summed E-state index contributed by atoms with van der Waals surface area (Å²) in [5.41, 5.74) is 0.936. The summed E-state index contributed by atoms with van der Waals surface area (Å²) in [5, 5.41) is 17.2. The summed E-state index contributed by atoms with van der Waals surface area (Å²) in [6, 6.07) is 20.8. The topological polar surface area (TPSA) is 92.9 Å². The minimum Gasteiger partial charge on any atom is -0.507 e. The summed E-state index contributed by atoms with van der Waals surface area (Å²) < 4.78 is 10.7. The van der Waals surface area contributed by atoms with E-state index in [1.807, 2.05) is 30.3 Å². The molecule has 1 N–H and O–H groups in total. The number of benzene rings is 3. The summed E-state index contributed by atoms with van der Waals surface area (Å²) >= 11 is 0.